The fourth-order valence-corrected chi connectivity index (χ4v) is 1.59. The Bertz CT molecular complexity index is 265. The Morgan fingerprint density at radius 3 is 2.16 bits per heavy atom. The number of piperidine rings is 1. The van der Waals surface area contributed by atoms with Gasteiger partial charge in [0.05, 0.1) is 6.61 Å². The van der Waals surface area contributed by atoms with Gasteiger partial charge in [-0.3, -0.25) is 4.79 Å². The first-order valence-corrected chi connectivity index (χ1v) is 6.83. The normalized spacial score (nSPS) is 16.2. The summed E-state index contributed by atoms with van der Waals surface area (Å²) in [6, 6.07) is 0. The molecule has 19 heavy (non-hydrogen) atoms. The van der Waals surface area contributed by atoms with Crippen LogP contribution in [0.25, 0.3) is 0 Å². The van der Waals surface area contributed by atoms with Gasteiger partial charge in [0.1, 0.15) is 5.60 Å². The third kappa shape index (κ3) is 9.33. The maximum atomic E-state index is 11.6. The van der Waals surface area contributed by atoms with Gasteiger partial charge in [0.2, 0.25) is 0 Å². The van der Waals surface area contributed by atoms with E-state index in [2.05, 4.69) is 11.7 Å². The third-order valence-corrected chi connectivity index (χ3v) is 2.67. The molecule has 5 heteroatoms. The van der Waals surface area contributed by atoms with Gasteiger partial charge in [0.15, 0.2) is 0 Å². The SMILES string of the molecule is CC1CCN(C(=O)OC(C)(C)C)CC1.CCOC=O. The van der Waals surface area contributed by atoms with Crippen molar-refractivity contribution in [3.8, 4) is 0 Å². The lowest BCUT2D eigenvalue weighted by Gasteiger charge is -2.32. The number of ether oxygens (including phenoxy) is 2. The second-order valence-corrected chi connectivity index (χ2v) is 5.70. The van der Waals surface area contributed by atoms with E-state index in [1.54, 1.807) is 6.92 Å². The second kappa shape index (κ2) is 8.77. The molecule has 0 saturated carbocycles. The van der Waals surface area contributed by atoms with Crippen molar-refractivity contribution in [3.05, 3.63) is 0 Å². The highest BCUT2D eigenvalue weighted by molar-refractivity contribution is 5.68. The van der Waals surface area contributed by atoms with Crippen molar-refractivity contribution in [2.24, 2.45) is 5.92 Å². The topological polar surface area (TPSA) is 55.8 Å². The van der Waals surface area contributed by atoms with Gasteiger partial charge in [0, 0.05) is 13.1 Å². The average molecular weight is 273 g/mol. The van der Waals surface area contributed by atoms with E-state index < -0.39 is 0 Å². The molecular formula is C14H27NO4. The first kappa shape index (κ1) is 17.7. The summed E-state index contributed by atoms with van der Waals surface area (Å²) in [6.45, 7) is 12.3. The summed E-state index contributed by atoms with van der Waals surface area (Å²) in [4.78, 5) is 22.6. The Labute approximate surface area is 116 Å². The van der Waals surface area contributed by atoms with Crippen LogP contribution in [0.15, 0.2) is 0 Å². The van der Waals surface area contributed by atoms with Crippen molar-refractivity contribution in [1.29, 1.82) is 0 Å². The van der Waals surface area contributed by atoms with E-state index in [1.807, 2.05) is 25.7 Å². The van der Waals surface area contributed by atoms with Crippen LogP contribution in [0, 0.1) is 5.92 Å². The molecule has 5 nitrogen and oxygen atoms in total. The van der Waals surface area contributed by atoms with Crippen molar-refractivity contribution < 1.29 is 19.1 Å². The van der Waals surface area contributed by atoms with Crippen LogP contribution in [0.5, 0.6) is 0 Å². The van der Waals surface area contributed by atoms with Crippen LogP contribution in [0.4, 0.5) is 4.79 Å². The highest BCUT2D eigenvalue weighted by Crippen LogP contribution is 2.18. The van der Waals surface area contributed by atoms with Gasteiger partial charge >= 0.3 is 6.09 Å². The number of hydrogen-bond acceptors (Lipinski definition) is 4. The van der Waals surface area contributed by atoms with Gasteiger partial charge in [-0.25, -0.2) is 4.79 Å². The van der Waals surface area contributed by atoms with Crippen molar-refractivity contribution in [1.82, 2.24) is 4.90 Å². The molecule has 0 unspecified atom stereocenters. The lowest BCUT2D eigenvalue weighted by molar-refractivity contribution is -0.128. The van der Waals surface area contributed by atoms with Crippen LogP contribution in [0.1, 0.15) is 47.5 Å². The maximum Gasteiger partial charge on any atom is 0.410 e. The van der Waals surface area contributed by atoms with Crippen LogP contribution in [-0.4, -0.2) is 42.8 Å². The number of hydrogen-bond donors (Lipinski definition) is 0. The first-order chi connectivity index (χ1) is 8.80. The van der Waals surface area contributed by atoms with Gasteiger partial charge < -0.3 is 14.4 Å². The van der Waals surface area contributed by atoms with E-state index >= 15 is 0 Å². The molecule has 0 radical (unpaired) electrons. The minimum Gasteiger partial charge on any atom is -0.468 e. The Morgan fingerprint density at radius 2 is 1.84 bits per heavy atom. The van der Waals surface area contributed by atoms with Crippen LogP contribution in [0.2, 0.25) is 0 Å². The van der Waals surface area contributed by atoms with Crippen molar-refractivity contribution >= 4 is 12.6 Å². The molecule has 1 aliphatic rings. The zero-order valence-electron chi connectivity index (χ0n) is 12.8. The molecule has 0 aromatic rings. The van der Waals surface area contributed by atoms with E-state index in [0.29, 0.717) is 13.1 Å². The fraction of sp³-hybridized carbons (Fsp3) is 0.857. The van der Waals surface area contributed by atoms with E-state index in [0.717, 1.165) is 31.8 Å². The van der Waals surface area contributed by atoms with Gasteiger partial charge in [0.25, 0.3) is 6.47 Å². The molecule has 0 aliphatic carbocycles. The molecule has 0 atom stereocenters. The largest absolute Gasteiger partial charge is 0.468 e. The molecule has 1 rings (SSSR count). The van der Waals surface area contributed by atoms with Crippen molar-refractivity contribution in [3.63, 3.8) is 0 Å². The summed E-state index contributed by atoms with van der Waals surface area (Å²) < 4.78 is 9.45. The molecular weight excluding hydrogens is 246 g/mol. The second-order valence-electron chi connectivity index (χ2n) is 5.70. The zero-order valence-corrected chi connectivity index (χ0v) is 12.8. The molecule has 0 spiro atoms. The molecule has 0 aromatic heterocycles. The number of carbonyl (C=O) groups is 2. The predicted molar refractivity (Wildman–Crippen MR) is 73.9 cm³/mol. The molecule has 1 aliphatic heterocycles. The maximum absolute atomic E-state index is 11.6. The Morgan fingerprint density at radius 1 is 1.32 bits per heavy atom. The number of likely N-dealkylation sites (tertiary alicyclic amines) is 1. The van der Waals surface area contributed by atoms with Crippen LogP contribution >= 0.6 is 0 Å². The summed E-state index contributed by atoms with van der Waals surface area (Å²) >= 11 is 0. The fourth-order valence-electron chi connectivity index (χ4n) is 1.59. The van der Waals surface area contributed by atoms with Gasteiger partial charge in [-0.15, -0.1) is 0 Å². The average Bonchev–Trinajstić information content (AvgIpc) is 2.29. The molecule has 0 N–H and O–H groups in total. The Balaban J connectivity index is 0.000000555. The highest BCUT2D eigenvalue weighted by Gasteiger charge is 2.24. The minimum atomic E-state index is -0.375. The van der Waals surface area contributed by atoms with E-state index in [-0.39, 0.29) is 11.7 Å². The summed E-state index contributed by atoms with van der Waals surface area (Å²) in [7, 11) is 0. The monoisotopic (exact) mass is 273 g/mol. The number of amides is 1. The standard InChI is InChI=1S/C11H21NO2.C3H6O2/c1-9-5-7-12(8-6-9)10(13)14-11(2,3)4;1-2-5-3-4/h9H,5-8H2,1-4H3;3H,2H2,1H3. The van der Waals surface area contributed by atoms with Crippen molar-refractivity contribution in [2.45, 2.75) is 53.1 Å². The molecule has 1 fully saturated rings. The molecule has 0 bridgehead atoms. The Hall–Kier alpha value is -1.26. The third-order valence-electron chi connectivity index (χ3n) is 2.67. The van der Waals surface area contributed by atoms with Gasteiger partial charge in [-0.05, 0) is 46.5 Å². The zero-order chi connectivity index (χ0) is 14.9. The van der Waals surface area contributed by atoms with E-state index in [4.69, 9.17) is 4.74 Å². The first-order valence-electron chi connectivity index (χ1n) is 6.83. The predicted octanol–water partition coefficient (Wildman–Crippen LogP) is 2.83. The quantitative estimate of drug-likeness (QED) is 0.726. The molecule has 1 heterocycles. The summed E-state index contributed by atoms with van der Waals surface area (Å²) in [5.41, 5.74) is -0.375. The number of nitrogens with zero attached hydrogens (tertiary/aromatic N) is 1. The summed E-state index contributed by atoms with van der Waals surface area (Å²) in [5.74, 6) is 0.744. The molecule has 1 amide bonds. The minimum absolute atomic E-state index is 0.163. The lowest BCUT2D eigenvalue weighted by Crippen LogP contribution is -2.41. The summed E-state index contributed by atoms with van der Waals surface area (Å²) in [6.07, 6.45) is 2.03. The van der Waals surface area contributed by atoms with Gasteiger partial charge in [-0.1, -0.05) is 6.92 Å². The van der Waals surface area contributed by atoms with Crippen LogP contribution < -0.4 is 0 Å². The van der Waals surface area contributed by atoms with Gasteiger partial charge in [-0.2, -0.15) is 0 Å². The molecule has 112 valence electrons. The number of carbonyl (C=O) groups excluding carboxylic acids is 2. The summed E-state index contributed by atoms with van der Waals surface area (Å²) in [5, 5.41) is 0. The smallest absolute Gasteiger partial charge is 0.410 e. The number of rotatable bonds is 2. The Kier molecular flexibility index (Phi) is 8.19. The molecule has 0 aromatic carbocycles. The lowest BCUT2D eigenvalue weighted by atomic mass is 10.00. The van der Waals surface area contributed by atoms with Crippen molar-refractivity contribution in [2.75, 3.05) is 19.7 Å². The highest BCUT2D eigenvalue weighted by atomic mass is 16.6. The van der Waals surface area contributed by atoms with Crippen LogP contribution in [-0.2, 0) is 14.3 Å². The van der Waals surface area contributed by atoms with Crippen LogP contribution in [0.3, 0.4) is 0 Å². The van der Waals surface area contributed by atoms with E-state index in [1.165, 1.54) is 0 Å². The van der Waals surface area contributed by atoms with E-state index in [9.17, 15) is 9.59 Å². The molecule has 1 saturated heterocycles.